The molecule has 1 atom stereocenters. The Bertz CT molecular complexity index is 919. The van der Waals surface area contributed by atoms with Crippen molar-refractivity contribution in [2.45, 2.75) is 38.3 Å². The zero-order valence-electron chi connectivity index (χ0n) is 16.6. The van der Waals surface area contributed by atoms with Crippen LogP contribution in [0.1, 0.15) is 24.0 Å². The molecule has 1 N–H and O–H groups in total. The maximum Gasteiger partial charge on any atom is 0.242 e. The SMILES string of the molecule is Cc1ccc(CN(C)[C@@H](C)C(=O)Nc2cc(S(=O)(=O)N(C)C)ccc2C)o1. The van der Waals surface area contributed by atoms with Gasteiger partial charge in [0, 0.05) is 19.8 Å². The normalized spacial score (nSPS) is 13.2. The van der Waals surface area contributed by atoms with E-state index in [1.54, 1.807) is 13.0 Å². The summed E-state index contributed by atoms with van der Waals surface area (Å²) in [6.45, 7) is 5.98. The number of carbonyl (C=O) groups is 1. The van der Waals surface area contributed by atoms with Gasteiger partial charge < -0.3 is 9.73 Å². The van der Waals surface area contributed by atoms with Crippen molar-refractivity contribution in [3.8, 4) is 0 Å². The number of hydrogen-bond donors (Lipinski definition) is 1. The predicted molar refractivity (Wildman–Crippen MR) is 105 cm³/mol. The molecule has 0 unspecified atom stereocenters. The van der Waals surface area contributed by atoms with Gasteiger partial charge >= 0.3 is 0 Å². The van der Waals surface area contributed by atoms with Gasteiger partial charge in [-0.15, -0.1) is 0 Å². The number of furan rings is 1. The molecule has 8 heteroatoms. The number of hydrogen-bond acceptors (Lipinski definition) is 5. The maximum absolute atomic E-state index is 12.7. The second-order valence-corrected chi connectivity index (χ2v) is 9.01. The molecule has 2 aromatic rings. The molecule has 0 radical (unpaired) electrons. The summed E-state index contributed by atoms with van der Waals surface area (Å²) in [6.07, 6.45) is 0. The number of amides is 1. The Morgan fingerprint density at radius 3 is 2.37 bits per heavy atom. The van der Waals surface area contributed by atoms with Crippen LogP contribution in [-0.4, -0.2) is 50.7 Å². The van der Waals surface area contributed by atoms with Crippen LogP contribution in [0, 0.1) is 13.8 Å². The molecule has 1 amide bonds. The van der Waals surface area contributed by atoms with Gasteiger partial charge in [0.1, 0.15) is 11.5 Å². The lowest BCUT2D eigenvalue weighted by Gasteiger charge is -2.23. The summed E-state index contributed by atoms with van der Waals surface area (Å²) in [6, 6.07) is 8.06. The fourth-order valence-corrected chi connectivity index (χ4v) is 3.43. The Labute approximate surface area is 161 Å². The molecule has 7 nitrogen and oxygen atoms in total. The molecule has 0 fully saturated rings. The highest BCUT2D eigenvalue weighted by atomic mass is 32.2. The van der Waals surface area contributed by atoms with Crippen LogP contribution in [0.15, 0.2) is 39.6 Å². The van der Waals surface area contributed by atoms with E-state index in [-0.39, 0.29) is 10.8 Å². The summed E-state index contributed by atoms with van der Waals surface area (Å²) in [4.78, 5) is 14.7. The number of aryl methyl sites for hydroxylation is 2. The topological polar surface area (TPSA) is 82.9 Å². The Morgan fingerprint density at radius 2 is 1.81 bits per heavy atom. The van der Waals surface area contributed by atoms with Gasteiger partial charge in [-0.25, -0.2) is 12.7 Å². The van der Waals surface area contributed by atoms with Crippen molar-refractivity contribution in [1.82, 2.24) is 9.21 Å². The molecule has 2 rings (SSSR count). The minimum Gasteiger partial charge on any atom is -0.465 e. The molecule has 0 aliphatic carbocycles. The lowest BCUT2D eigenvalue weighted by atomic mass is 10.2. The summed E-state index contributed by atoms with van der Waals surface area (Å²) >= 11 is 0. The summed E-state index contributed by atoms with van der Waals surface area (Å²) in [5.41, 5.74) is 1.27. The van der Waals surface area contributed by atoms with Crippen molar-refractivity contribution in [2.75, 3.05) is 26.5 Å². The Balaban J connectivity index is 2.14. The van der Waals surface area contributed by atoms with Gasteiger partial charge in [0.2, 0.25) is 15.9 Å². The van der Waals surface area contributed by atoms with Crippen LogP contribution in [0.5, 0.6) is 0 Å². The number of rotatable bonds is 7. The van der Waals surface area contributed by atoms with Crippen LogP contribution in [0.3, 0.4) is 0 Å². The third-order valence-corrected chi connectivity index (χ3v) is 6.30. The van der Waals surface area contributed by atoms with E-state index in [4.69, 9.17) is 4.42 Å². The van der Waals surface area contributed by atoms with Gasteiger partial charge in [-0.2, -0.15) is 0 Å². The van der Waals surface area contributed by atoms with E-state index in [9.17, 15) is 13.2 Å². The molecular formula is C19H27N3O4S. The summed E-state index contributed by atoms with van der Waals surface area (Å²) < 4.78 is 31.3. The molecule has 1 aromatic heterocycles. The molecule has 0 saturated carbocycles. The minimum atomic E-state index is -3.57. The second kappa shape index (κ2) is 8.24. The Morgan fingerprint density at radius 1 is 1.15 bits per heavy atom. The standard InChI is InChI=1S/C19H27N3O4S/c1-13-7-10-17(27(24,25)21(4)5)11-18(13)20-19(23)15(3)22(6)12-16-9-8-14(2)26-16/h7-11,15H,12H2,1-6H3,(H,20,23)/t15-/m0/s1. The van der Waals surface area contributed by atoms with Crippen molar-refractivity contribution in [1.29, 1.82) is 0 Å². The smallest absolute Gasteiger partial charge is 0.242 e. The van der Waals surface area contributed by atoms with Crippen molar-refractivity contribution in [3.63, 3.8) is 0 Å². The lowest BCUT2D eigenvalue weighted by Crippen LogP contribution is -2.39. The van der Waals surface area contributed by atoms with Gasteiger partial charge in [0.15, 0.2) is 0 Å². The molecule has 0 spiro atoms. The molecule has 27 heavy (non-hydrogen) atoms. The van der Waals surface area contributed by atoms with Crippen LogP contribution in [0.4, 0.5) is 5.69 Å². The number of carbonyl (C=O) groups excluding carboxylic acids is 1. The van der Waals surface area contributed by atoms with Crippen LogP contribution in [0.25, 0.3) is 0 Å². The van der Waals surface area contributed by atoms with Gasteiger partial charge in [-0.3, -0.25) is 9.69 Å². The molecular weight excluding hydrogens is 366 g/mol. The first-order valence-corrected chi connectivity index (χ1v) is 10.1. The van der Waals surface area contributed by atoms with Crippen molar-refractivity contribution in [2.24, 2.45) is 0 Å². The third kappa shape index (κ3) is 4.97. The largest absolute Gasteiger partial charge is 0.465 e. The molecule has 0 aliphatic heterocycles. The summed E-state index contributed by atoms with van der Waals surface area (Å²) in [5.74, 6) is 1.39. The molecule has 1 aromatic carbocycles. The first-order valence-electron chi connectivity index (χ1n) is 8.62. The number of likely N-dealkylation sites (N-methyl/N-ethyl adjacent to an activating group) is 1. The van der Waals surface area contributed by atoms with E-state index >= 15 is 0 Å². The Kier molecular flexibility index (Phi) is 6.46. The van der Waals surface area contributed by atoms with E-state index in [0.717, 1.165) is 21.4 Å². The third-order valence-electron chi connectivity index (χ3n) is 4.49. The number of sulfonamides is 1. The molecule has 0 aliphatic rings. The van der Waals surface area contributed by atoms with Gasteiger partial charge in [0.25, 0.3) is 0 Å². The van der Waals surface area contributed by atoms with Gasteiger partial charge in [-0.05, 0) is 57.6 Å². The second-order valence-electron chi connectivity index (χ2n) is 6.86. The van der Waals surface area contributed by atoms with E-state index in [1.807, 2.05) is 37.9 Å². The molecule has 0 saturated heterocycles. The number of benzene rings is 1. The number of anilines is 1. The van der Waals surface area contributed by atoms with Gasteiger partial charge in [0.05, 0.1) is 17.5 Å². The predicted octanol–water partition coefficient (Wildman–Crippen LogP) is 2.61. The van der Waals surface area contributed by atoms with Crippen LogP contribution in [-0.2, 0) is 21.4 Å². The highest BCUT2D eigenvalue weighted by molar-refractivity contribution is 7.89. The average molecular weight is 394 g/mol. The Hall–Kier alpha value is -2.16. The number of nitrogens with one attached hydrogen (secondary N) is 1. The summed E-state index contributed by atoms with van der Waals surface area (Å²) in [5, 5.41) is 2.84. The average Bonchev–Trinajstić information content (AvgIpc) is 3.00. The fourth-order valence-electron chi connectivity index (χ4n) is 2.50. The maximum atomic E-state index is 12.7. The molecule has 0 bridgehead atoms. The first-order chi connectivity index (χ1) is 12.5. The van der Waals surface area contributed by atoms with Gasteiger partial charge in [-0.1, -0.05) is 6.07 Å². The highest BCUT2D eigenvalue weighted by Gasteiger charge is 2.22. The van der Waals surface area contributed by atoms with E-state index in [1.165, 1.54) is 26.2 Å². The highest BCUT2D eigenvalue weighted by Crippen LogP contribution is 2.22. The fraction of sp³-hybridized carbons (Fsp3) is 0.421. The lowest BCUT2D eigenvalue weighted by molar-refractivity contribution is -0.120. The summed E-state index contributed by atoms with van der Waals surface area (Å²) in [7, 11) is 1.21. The zero-order valence-corrected chi connectivity index (χ0v) is 17.4. The van der Waals surface area contributed by atoms with Crippen LogP contribution in [0.2, 0.25) is 0 Å². The molecule has 1 heterocycles. The van der Waals surface area contributed by atoms with E-state index in [0.29, 0.717) is 12.2 Å². The zero-order chi connectivity index (χ0) is 20.4. The van der Waals surface area contributed by atoms with E-state index in [2.05, 4.69) is 5.32 Å². The number of nitrogens with zero attached hydrogens (tertiary/aromatic N) is 2. The van der Waals surface area contributed by atoms with Crippen LogP contribution >= 0.6 is 0 Å². The van der Waals surface area contributed by atoms with Crippen molar-refractivity contribution >= 4 is 21.6 Å². The van der Waals surface area contributed by atoms with Crippen molar-refractivity contribution in [3.05, 3.63) is 47.4 Å². The quantitative estimate of drug-likeness (QED) is 0.782. The van der Waals surface area contributed by atoms with Crippen LogP contribution < -0.4 is 5.32 Å². The molecule has 148 valence electrons. The van der Waals surface area contributed by atoms with Crippen molar-refractivity contribution < 1.29 is 17.6 Å². The first kappa shape index (κ1) is 21.1. The van der Waals surface area contributed by atoms with E-state index < -0.39 is 16.1 Å². The minimum absolute atomic E-state index is 0.139. The monoisotopic (exact) mass is 393 g/mol.